The van der Waals surface area contributed by atoms with Crippen molar-refractivity contribution < 1.29 is 9.72 Å². The first-order valence-electron chi connectivity index (χ1n) is 10.6. The van der Waals surface area contributed by atoms with Crippen molar-refractivity contribution >= 4 is 34.0 Å². The number of aromatic nitrogens is 4. The van der Waals surface area contributed by atoms with E-state index in [-0.39, 0.29) is 11.3 Å². The number of hydrogen-bond donors (Lipinski definition) is 2. The smallest absolute Gasteiger partial charge is 0.270 e. The van der Waals surface area contributed by atoms with Crippen LogP contribution in [-0.2, 0) is 0 Å². The lowest BCUT2D eigenvalue weighted by atomic mass is 10.0. The van der Waals surface area contributed by atoms with Gasteiger partial charge in [0.1, 0.15) is 18.0 Å². The number of nitrogen functional groups attached to an aromatic ring is 1. The molecule has 35 heavy (non-hydrogen) atoms. The number of nitrogens with two attached hydrogens (primary N) is 1. The summed E-state index contributed by atoms with van der Waals surface area (Å²) in [6.45, 7) is 1.96. The Bertz CT molecular complexity index is 1610. The van der Waals surface area contributed by atoms with E-state index in [0.717, 1.165) is 22.0 Å². The minimum atomic E-state index is -0.533. The first kappa shape index (κ1) is 21.7. The van der Waals surface area contributed by atoms with Gasteiger partial charge in [-0.25, -0.2) is 9.97 Å². The molecular formula is C25H19N7O3. The molecule has 3 N–H and O–H groups in total. The number of nitro benzene ring substituents is 1. The first-order chi connectivity index (χ1) is 16.9. The van der Waals surface area contributed by atoms with Crippen molar-refractivity contribution in [3.8, 4) is 17.1 Å². The van der Waals surface area contributed by atoms with E-state index in [1.807, 2.05) is 42.0 Å². The van der Waals surface area contributed by atoms with E-state index >= 15 is 0 Å². The molecule has 0 saturated heterocycles. The molecule has 0 atom stereocenters. The standard InChI is InChI=1S/C25H19N7O3/c1-15-5-6-18(30-25(33)16-3-2-4-19(9-16)32(34)35)10-20(15)21-11-22-17(13-27-21)7-8-31(22)24-12-23(26)28-14-29-24/h2-14H,1H3,(H,30,33)(H2,26,28,29). The predicted molar refractivity (Wildman–Crippen MR) is 132 cm³/mol. The number of nitrogens with zero attached hydrogens (tertiary/aromatic N) is 5. The van der Waals surface area contributed by atoms with Crippen LogP contribution in [0.5, 0.6) is 0 Å². The normalized spacial score (nSPS) is 10.9. The molecule has 0 saturated carbocycles. The molecule has 3 aromatic heterocycles. The maximum Gasteiger partial charge on any atom is 0.270 e. The number of pyridine rings is 1. The lowest BCUT2D eigenvalue weighted by Crippen LogP contribution is -2.12. The van der Waals surface area contributed by atoms with Crippen molar-refractivity contribution in [1.29, 1.82) is 0 Å². The number of fused-ring (bicyclic) bond motifs is 1. The van der Waals surface area contributed by atoms with Crippen LogP contribution < -0.4 is 11.1 Å². The summed E-state index contributed by atoms with van der Waals surface area (Å²) >= 11 is 0. The van der Waals surface area contributed by atoms with E-state index in [1.54, 1.807) is 18.3 Å². The Morgan fingerprint density at radius 2 is 1.91 bits per heavy atom. The Morgan fingerprint density at radius 3 is 2.71 bits per heavy atom. The van der Waals surface area contributed by atoms with Gasteiger partial charge in [-0.2, -0.15) is 0 Å². The molecule has 5 rings (SSSR count). The minimum Gasteiger partial charge on any atom is -0.384 e. The summed E-state index contributed by atoms with van der Waals surface area (Å²) in [6.07, 6.45) is 5.08. The molecule has 0 bridgehead atoms. The van der Waals surface area contributed by atoms with E-state index in [0.29, 0.717) is 23.0 Å². The first-order valence-corrected chi connectivity index (χ1v) is 10.6. The summed E-state index contributed by atoms with van der Waals surface area (Å²) in [5.74, 6) is 0.565. The molecule has 0 spiro atoms. The van der Waals surface area contributed by atoms with Crippen molar-refractivity contribution in [3.05, 3.63) is 101 Å². The van der Waals surface area contributed by atoms with Gasteiger partial charge in [0.15, 0.2) is 0 Å². The van der Waals surface area contributed by atoms with Gasteiger partial charge in [-0.3, -0.25) is 19.9 Å². The minimum absolute atomic E-state index is 0.145. The second-order valence-electron chi connectivity index (χ2n) is 7.91. The van der Waals surface area contributed by atoms with Crippen molar-refractivity contribution in [2.75, 3.05) is 11.1 Å². The number of aryl methyl sites for hydroxylation is 1. The van der Waals surface area contributed by atoms with Gasteiger partial charge in [0.2, 0.25) is 0 Å². The number of anilines is 2. The van der Waals surface area contributed by atoms with Crippen LogP contribution >= 0.6 is 0 Å². The van der Waals surface area contributed by atoms with E-state index in [1.165, 1.54) is 30.6 Å². The van der Waals surface area contributed by atoms with Gasteiger partial charge in [0.25, 0.3) is 11.6 Å². The Labute approximate surface area is 199 Å². The topological polar surface area (TPSA) is 142 Å². The number of benzene rings is 2. The Balaban J connectivity index is 1.49. The molecule has 2 aromatic carbocycles. The lowest BCUT2D eigenvalue weighted by Gasteiger charge is -2.11. The van der Waals surface area contributed by atoms with E-state index in [4.69, 9.17) is 5.73 Å². The fourth-order valence-corrected chi connectivity index (χ4v) is 3.81. The number of nitrogens with one attached hydrogen (secondary N) is 1. The molecule has 10 heteroatoms. The second kappa shape index (κ2) is 8.67. The Morgan fingerprint density at radius 1 is 1.06 bits per heavy atom. The molecule has 0 aliphatic carbocycles. The molecule has 0 unspecified atom stereocenters. The highest BCUT2D eigenvalue weighted by Gasteiger charge is 2.14. The summed E-state index contributed by atoms with van der Waals surface area (Å²) in [6, 6.07) is 16.7. The molecule has 5 aromatic rings. The molecule has 0 fully saturated rings. The molecule has 10 nitrogen and oxygen atoms in total. The Kier molecular flexibility index (Phi) is 5.38. The number of amides is 1. The predicted octanol–water partition coefficient (Wildman–Crippen LogP) is 4.53. The molecule has 0 aliphatic heterocycles. The maximum atomic E-state index is 12.7. The van der Waals surface area contributed by atoms with Gasteiger partial charge in [-0.15, -0.1) is 0 Å². The van der Waals surface area contributed by atoms with Crippen LogP contribution in [0.3, 0.4) is 0 Å². The van der Waals surface area contributed by atoms with E-state index in [2.05, 4.69) is 20.3 Å². The molecule has 3 heterocycles. The van der Waals surface area contributed by atoms with Crippen LogP contribution in [0, 0.1) is 17.0 Å². The number of hydrogen-bond acceptors (Lipinski definition) is 7. The zero-order valence-corrected chi connectivity index (χ0v) is 18.5. The second-order valence-corrected chi connectivity index (χ2v) is 7.91. The lowest BCUT2D eigenvalue weighted by molar-refractivity contribution is -0.384. The van der Waals surface area contributed by atoms with Crippen LogP contribution in [0.15, 0.2) is 79.4 Å². The van der Waals surface area contributed by atoms with Crippen LogP contribution in [0.1, 0.15) is 15.9 Å². The van der Waals surface area contributed by atoms with Gasteiger partial charge >= 0.3 is 0 Å². The largest absolute Gasteiger partial charge is 0.384 e. The highest BCUT2D eigenvalue weighted by atomic mass is 16.6. The SMILES string of the molecule is Cc1ccc(NC(=O)c2cccc([N+](=O)[O-])c2)cc1-c1cc2c(ccn2-c2cc(N)ncn2)cn1. The third-order valence-electron chi connectivity index (χ3n) is 5.59. The number of rotatable bonds is 5. The summed E-state index contributed by atoms with van der Waals surface area (Å²) in [4.78, 5) is 36.1. The number of non-ortho nitro benzene ring substituents is 1. The van der Waals surface area contributed by atoms with Gasteiger partial charge in [-0.1, -0.05) is 12.1 Å². The summed E-state index contributed by atoms with van der Waals surface area (Å²) in [5.41, 5.74) is 9.82. The average molecular weight is 465 g/mol. The third-order valence-corrected chi connectivity index (χ3v) is 5.59. The summed E-state index contributed by atoms with van der Waals surface area (Å²) in [7, 11) is 0. The van der Waals surface area contributed by atoms with Crippen LogP contribution in [0.4, 0.5) is 17.2 Å². The van der Waals surface area contributed by atoms with Crippen LogP contribution in [-0.4, -0.2) is 30.3 Å². The van der Waals surface area contributed by atoms with E-state index < -0.39 is 10.8 Å². The van der Waals surface area contributed by atoms with Gasteiger partial charge in [-0.05, 0) is 42.8 Å². The van der Waals surface area contributed by atoms with Crippen molar-refractivity contribution in [1.82, 2.24) is 19.5 Å². The zero-order valence-electron chi connectivity index (χ0n) is 18.5. The molecule has 0 aliphatic rings. The molecule has 0 radical (unpaired) electrons. The highest BCUT2D eigenvalue weighted by molar-refractivity contribution is 6.05. The number of carbonyl (C=O) groups excluding carboxylic acids is 1. The van der Waals surface area contributed by atoms with Gasteiger partial charge in [0.05, 0.1) is 16.1 Å². The number of nitro groups is 1. The maximum absolute atomic E-state index is 12.7. The fraction of sp³-hybridized carbons (Fsp3) is 0.0400. The van der Waals surface area contributed by atoms with Crippen LogP contribution in [0.2, 0.25) is 0 Å². The third kappa shape index (κ3) is 4.27. The molecule has 1 amide bonds. The van der Waals surface area contributed by atoms with Gasteiger partial charge in [0, 0.05) is 52.8 Å². The van der Waals surface area contributed by atoms with E-state index in [9.17, 15) is 14.9 Å². The fourth-order valence-electron chi connectivity index (χ4n) is 3.81. The van der Waals surface area contributed by atoms with Crippen molar-refractivity contribution in [2.24, 2.45) is 0 Å². The van der Waals surface area contributed by atoms with Crippen molar-refractivity contribution in [3.63, 3.8) is 0 Å². The quantitative estimate of drug-likeness (QED) is 0.287. The summed E-state index contributed by atoms with van der Waals surface area (Å²) < 4.78 is 1.90. The summed E-state index contributed by atoms with van der Waals surface area (Å²) in [5, 5.41) is 14.8. The van der Waals surface area contributed by atoms with Gasteiger partial charge < -0.3 is 15.6 Å². The molecular weight excluding hydrogens is 446 g/mol. The zero-order chi connectivity index (χ0) is 24.5. The average Bonchev–Trinajstić information content (AvgIpc) is 3.28. The number of carbonyl (C=O) groups is 1. The monoisotopic (exact) mass is 465 g/mol. The Hall–Kier alpha value is -5.12. The molecule has 172 valence electrons. The van der Waals surface area contributed by atoms with Crippen LogP contribution in [0.25, 0.3) is 28.0 Å². The van der Waals surface area contributed by atoms with Crippen molar-refractivity contribution in [2.45, 2.75) is 6.92 Å². The highest BCUT2D eigenvalue weighted by Crippen LogP contribution is 2.29.